The Morgan fingerprint density at radius 3 is 2.70 bits per heavy atom. The van der Waals surface area contributed by atoms with Crippen molar-refractivity contribution in [2.24, 2.45) is 11.7 Å². The summed E-state index contributed by atoms with van der Waals surface area (Å²) >= 11 is 5.20. The summed E-state index contributed by atoms with van der Waals surface area (Å²) in [4.78, 5) is 7.56. The first-order valence-electron chi connectivity index (χ1n) is 7.09. The van der Waals surface area contributed by atoms with Crippen molar-refractivity contribution in [3.8, 4) is 0 Å². The van der Waals surface area contributed by atoms with E-state index in [9.17, 15) is 0 Å². The van der Waals surface area contributed by atoms with Crippen molar-refractivity contribution >= 4 is 33.9 Å². The van der Waals surface area contributed by atoms with Gasteiger partial charge in [0.2, 0.25) is 0 Å². The third kappa shape index (κ3) is 2.48. The first kappa shape index (κ1) is 13.3. The second-order valence-electron chi connectivity index (χ2n) is 5.58. The molecule has 3 nitrogen and oxygen atoms in total. The molecule has 2 heterocycles. The average molecular weight is 285 g/mol. The molecule has 0 atom stereocenters. The van der Waals surface area contributed by atoms with E-state index < -0.39 is 0 Å². The number of benzene rings is 1. The minimum Gasteiger partial charge on any atom is -0.389 e. The smallest absolute Gasteiger partial charge is 0.129 e. The highest BCUT2D eigenvalue weighted by Crippen LogP contribution is 2.26. The van der Waals surface area contributed by atoms with Gasteiger partial charge in [0.1, 0.15) is 10.8 Å². The summed E-state index contributed by atoms with van der Waals surface area (Å²) in [5.41, 5.74) is 7.78. The van der Waals surface area contributed by atoms with E-state index in [-0.39, 0.29) is 0 Å². The van der Waals surface area contributed by atoms with Gasteiger partial charge in [-0.15, -0.1) is 0 Å². The molecule has 2 N–H and O–H groups in total. The highest BCUT2D eigenvalue weighted by atomic mass is 32.1. The minimum absolute atomic E-state index is 0.440. The fourth-order valence-electron chi connectivity index (χ4n) is 2.76. The lowest BCUT2D eigenvalue weighted by Crippen LogP contribution is -2.33. The van der Waals surface area contributed by atoms with Crippen LogP contribution in [-0.4, -0.2) is 23.1 Å². The van der Waals surface area contributed by atoms with Crippen molar-refractivity contribution in [1.82, 2.24) is 4.98 Å². The predicted molar refractivity (Wildman–Crippen MR) is 88.2 cm³/mol. The van der Waals surface area contributed by atoms with E-state index >= 15 is 0 Å². The molecule has 0 unspecified atom stereocenters. The van der Waals surface area contributed by atoms with Crippen LogP contribution in [0, 0.1) is 5.92 Å². The molecular weight excluding hydrogens is 266 g/mol. The second kappa shape index (κ2) is 5.37. The number of nitrogens with two attached hydrogens (primary N) is 1. The van der Waals surface area contributed by atoms with E-state index in [0.29, 0.717) is 4.99 Å². The standard InChI is InChI=1S/C16H19N3S/c1-11-6-8-19(9-7-11)15-10-13(16(17)20)12-4-2-3-5-14(12)18-15/h2-5,10-11H,6-9H2,1H3,(H2,17,20). The molecule has 2 aromatic rings. The van der Waals surface area contributed by atoms with Gasteiger partial charge in [-0.05, 0) is 30.9 Å². The van der Waals surface area contributed by atoms with Crippen molar-refractivity contribution in [1.29, 1.82) is 0 Å². The Labute approximate surface area is 124 Å². The minimum atomic E-state index is 0.440. The maximum atomic E-state index is 5.89. The number of pyridine rings is 1. The van der Waals surface area contributed by atoms with Gasteiger partial charge >= 0.3 is 0 Å². The third-order valence-electron chi connectivity index (χ3n) is 4.08. The molecule has 0 aliphatic carbocycles. The van der Waals surface area contributed by atoms with Crippen molar-refractivity contribution in [2.45, 2.75) is 19.8 Å². The lowest BCUT2D eigenvalue weighted by atomic mass is 9.99. The van der Waals surface area contributed by atoms with E-state index in [1.807, 2.05) is 30.3 Å². The fraction of sp³-hybridized carbons (Fsp3) is 0.375. The van der Waals surface area contributed by atoms with Gasteiger partial charge in [0.15, 0.2) is 0 Å². The number of hydrogen-bond acceptors (Lipinski definition) is 3. The molecule has 0 radical (unpaired) electrons. The van der Waals surface area contributed by atoms with E-state index in [2.05, 4.69) is 11.8 Å². The molecule has 1 aliphatic heterocycles. The van der Waals surface area contributed by atoms with Gasteiger partial charge in [0.05, 0.1) is 5.52 Å². The molecule has 104 valence electrons. The van der Waals surface area contributed by atoms with Crippen molar-refractivity contribution in [3.05, 3.63) is 35.9 Å². The van der Waals surface area contributed by atoms with Gasteiger partial charge in [-0.25, -0.2) is 4.98 Å². The highest BCUT2D eigenvalue weighted by Gasteiger charge is 2.18. The van der Waals surface area contributed by atoms with E-state index in [0.717, 1.165) is 41.3 Å². The molecule has 0 spiro atoms. The number of fused-ring (bicyclic) bond motifs is 1. The van der Waals surface area contributed by atoms with E-state index in [4.69, 9.17) is 22.9 Å². The van der Waals surface area contributed by atoms with Crippen molar-refractivity contribution in [2.75, 3.05) is 18.0 Å². The van der Waals surface area contributed by atoms with Gasteiger partial charge in [-0.1, -0.05) is 37.3 Å². The molecular formula is C16H19N3S. The van der Waals surface area contributed by atoms with Crippen LogP contribution in [0.5, 0.6) is 0 Å². The predicted octanol–water partition coefficient (Wildman–Crippen LogP) is 3.11. The van der Waals surface area contributed by atoms with E-state index in [1.54, 1.807) is 0 Å². The third-order valence-corrected chi connectivity index (χ3v) is 4.30. The summed E-state index contributed by atoms with van der Waals surface area (Å²) in [6.45, 7) is 4.43. The number of anilines is 1. The van der Waals surface area contributed by atoms with E-state index in [1.165, 1.54) is 12.8 Å². The zero-order valence-corrected chi connectivity index (χ0v) is 12.5. The van der Waals surface area contributed by atoms with Crippen LogP contribution in [0.3, 0.4) is 0 Å². The van der Waals surface area contributed by atoms with Crippen LogP contribution < -0.4 is 10.6 Å². The van der Waals surface area contributed by atoms with Gasteiger partial charge in [-0.3, -0.25) is 0 Å². The number of piperidine rings is 1. The molecule has 1 aromatic heterocycles. The zero-order valence-electron chi connectivity index (χ0n) is 11.7. The molecule has 1 saturated heterocycles. The molecule has 1 aromatic carbocycles. The van der Waals surface area contributed by atoms with Crippen molar-refractivity contribution in [3.63, 3.8) is 0 Å². The summed E-state index contributed by atoms with van der Waals surface area (Å²) in [5.74, 6) is 1.81. The molecule has 20 heavy (non-hydrogen) atoms. The van der Waals surface area contributed by atoms with Crippen LogP contribution in [0.4, 0.5) is 5.82 Å². The van der Waals surface area contributed by atoms with Gasteiger partial charge < -0.3 is 10.6 Å². The van der Waals surface area contributed by atoms with Gasteiger partial charge in [0, 0.05) is 24.0 Å². The van der Waals surface area contributed by atoms with Gasteiger partial charge in [0.25, 0.3) is 0 Å². The Morgan fingerprint density at radius 2 is 2.00 bits per heavy atom. The molecule has 1 fully saturated rings. The molecule has 0 amide bonds. The number of rotatable bonds is 2. The highest BCUT2D eigenvalue weighted by molar-refractivity contribution is 7.80. The molecule has 0 saturated carbocycles. The monoisotopic (exact) mass is 285 g/mol. The van der Waals surface area contributed by atoms with Crippen LogP contribution in [0.25, 0.3) is 10.9 Å². The Morgan fingerprint density at radius 1 is 1.30 bits per heavy atom. The number of para-hydroxylation sites is 1. The van der Waals surface area contributed by atoms with Crippen LogP contribution in [0.15, 0.2) is 30.3 Å². The van der Waals surface area contributed by atoms with Crippen LogP contribution in [0.2, 0.25) is 0 Å². The molecule has 4 heteroatoms. The van der Waals surface area contributed by atoms with Crippen LogP contribution in [0.1, 0.15) is 25.3 Å². The second-order valence-corrected chi connectivity index (χ2v) is 6.02. The number of hydrogen-bond donors (Lipinski definition) is 1. The Balaban J connectivity index is 2.06. The Bertz CT molecular complexity index is 645. The first-order chi connectivity index (χ1) is 9.65. The molecule has 0 bridgehead atoms. The molecule has 1 aliphatic rings. The SMILES string of the molecule is CC1CCN(c2cc(C(N)=S)c3ccccc3n2)CC1. The zero-order chi connectivity index (χ0) is 14.1. The van der Waals surface area contributed by atoms with Gasteiger partial charge in [-0.2, -0.15) is 0 Å². The number of nitrogens with zero attached hydrogens (tertiary/aromatic N) is 2. The number of thiocarbonyl (C=S) groups is 1. The average Bonchev–Trinajstić information content (AvgIpc) is 2.46. The first-order valence-corrected chi connectivity index (χ1v) is 7.50. The van der Waals surface area contributed by atoms with Crippen LogP contribution >= 0.6 is 12.2 Å². The normalized spacial score (nSPS) is 16.6. The lowest BCUT2D eigenvalue weighted by Gasteiger charge is -2.31. The quantitative estimate of drug-likeness (QED) is 0.861. The maximum absolute atomic E-state index is 5.89. The summed E-state index contributed by atoms with van der Waals surface area (Å²) < 4.78 is 0. The summed E-state index contributed by atoms with van der Waals surface area (Å²) in [7, 11) is 0. The maximum Gasteiger partial charge on any atom is 0.129 e. The summed E-state index contributed by atoms with van der Waals surface area (Å²) in [5, 5.41) is 1.04. The number of aromatic nitrogens is 1. The Kier molecular flexibility index (Phi) is 3.57. The van der Waals surface area contributed by atoms with Crippen LogP contribution in [-0.2, 0) is 0 Å². The molecule has 3 rings (SSSR count). The fourth-order valence-corrected chi connectivity index (χ4v) is 2.93. The Hall–Kier alpha value is -1.68. The van der Waals surface area contributed by atoms with Crippen molar-refractivity contribution < 1.29 is 0 Å². The topological polar surface area (TPSA) is 42.1 Å². The summed E-state index contributed by atoms with van der Waals surface area (Å²) in [6.07, 6.45) is 2.44. The summed E-state index contributed by atoms with van der Waals surface area (Å²) in [6, 6.07) is 10.1. The largest absolute Gasteiger partial charge is 0.389 e. The lowest BCUT2D eigenvalue weighted by molar-refractivity contribution is 0.437.